The summed E-state index contributed by atoms with van der Waals surface area (Å²) in [5.74, 6) is -1.30. The molecule has 0 spiro atoms. The van der Waals surface area contributed by atoms with Crippen molar-refractivity contribution >= 4 is 11.9 Å². The zero-order valence-electron chi connectivity index (χ0n) is 10.4. The Balaban J connectivity index is 2.46. The van der Waals surface area contributed by atoms with Gasteiger partial charge in [-0.1, -0.05) is 6.08 Å². The minimum atomic E-state index is -0.806. The number of carbonyl (C=O) groups excluding carboxylic acids is 1. The lowest BCUT2D eigenvalue weighted by molar-refractivity contribution is -0.144. The third-order valence-corrected chi connectivity index (χ3v) is 2.81. The molecule has 1 saturated heterocycles. The number of carboxylic acid groups (broad SMARTS) is 1. The summed E-state index contributed by atoms with van der Waals surface area (Å²) in [6, 6.07) is 0. The van der Waals surface area contributed by atoms with E-state index >= 15 is 0 Å². The molecule has 1 aliphatic rings. The molecule has 0 aromatic carbocycles. The summed E-state index contributed by atoms with van der Waals surface area (Å²) in [5.41, 5.74) is 0. The summed E-state index contributed by atoms with van der Waals surface area (Å²) in [5, 5.41) is 8.92. The van der Waals surface area contributed by atoms with Crippen LogP contribution in [0.5, 0.6) is 0 Å². The van der Waals surface area contributed by atoms with Crippen LogP contribution < -0.4 is 0 Å². The van der Waals surface area contributed by atoms with Gasteiger partial charge >= 0.3 is 5.97 Å². The van der Waals surface area contributed by atoms with E-state index in [9.17, 15) is 9.59 Å². The number of carbonyl (C=O) groups is 2. The van der Waals surface area contributed by atoms with Gasteiger partial charge in [0, 0.05) is 25.7 Å². The number of carboxylic acids is 1. The molecular weight excluding hydrogens is 220 g/mol. The largest absolute Gasteiger partial charge is 0.481 e. The average Bonchev–Trinajstić information content (AvgIpc) is 2.28. The van der Waals surface area contributed by atoms with E-state index in [2.05, 4.69) is 0 Å². The van der Waals surface area contributed by atoms with Gasteiger partial charge in [0.1, 0.15) is 0 Å². The Bertz CT molecular complexity index is 313. The molecule has 17 heavy (non-hydrogen) atoms. The highest BCUT2D eigenvalue weighted by molar-refractivity contribution is 5.88. The Kier molecular flexibility index (Phi) is 5.15. The van der Waals surface area contributed by atoms with Crippen molar-refractivity contribution in [3.05, 3.63) is 12.2 Å². The smallest absolute Gasteiger partial charge is 0.308 e. The Labute approximate surface area is 102 Å². The van der Waals surface area contributed by atoms with Gasteiger partial charge in [-0.25, -0.2) is 0 Å². The Morgan fingerprint density at radius 3 is 2.76 bits per heavy atom. The molecule has 5 heteroatoms. The highest BCUT2D eigenvalue weighted by atomic mass is 16.4. The predicted molar refractivity (Wildman–Crippen MR) is 64.6 cm³/mol. The summed E-state index contributed by atoms with van der Waals surface area (Å²) < 4.78 is 0. The highest BCUT2D eigenvalue weighted by Gasteiger charge is 2.26. The SMILES string of the molecule is CN(C)CC=CC(=O)N1CCCC(C(=O)O)C1. The molecule has 1 fully saturated rings. The van der Waals surface area contributed by atoms with Gasteiger partial charge in [-0.05, 0) is 26.9 Å². The van der Waals surface area contributed by atoms with Crippen LogP contribution in [0.1, 0.15) is 12.8 Å². The molecule has 0 saturated carbocycles. The first kappa shape index (κ1) is 13.7. The normalized spacial score (nSPS) is 21.1. The van der Waals surface area contributed by atoms with E-state index in [-0.39, 0.29) is 5.91 Å². The van der Waals surface area contributed by atoms with Gasteiger partial charge in [-0.3, -0.25) is 9.59 Å². The summed E-state index contributed by atoms with van der Waals surface area (Å²) in [4.78, 5) is 26.2. The number of hydrogen-bond donors (Lipinski definition) is 1. The maximum atomic E-state index is 11.8. The van der Waals surface area contributed by atoms with Crippen LogP contribution in [0.3, 0.4) is 0 Å². The molecule has 1 N–H and O–H groups in total. The van der Waals surface area contributed by atoms with Gasteiger partial charge in [-0.15, -0.1) is 0 Å². The maximum absolute atomic E-state index is 11.8. The van der Waals surface area contributed by atoms with Crippen LogP contribution in [0.15, 0.2) is 12.2 Å². The molecule has 0 bridgehead atoms. The Morgan fingerprint density at radius 1 is 1.47 bits per heavy atom. The van der Waals surface area contributed by atoms with Crippen LogP contribution in [0.25, 0.3) is 0 Å². The minimum absolute atomic E-state index is 0.0854. The van der Waals surface area contributed by atoms with Crippen LogP contribution >= 0.6 is 0 Å². The predicted octanol–water partition coefficient (Wildman–Crippen LogP) is 0.427. The van der Waals surface area contributed by atoms with E-state index in [1.807, 2.05) is 19.0 Å². The van der Waals surface area contributed by atoms with E-state index in [4.69, 9.17) is 5.11 Å². The molecule has 1 rings (SSSR count). The zero-order chi connectivity index (χ0) is 12.8. The molecule has 0 aromatic rings. The molecule has 1 aliphatic heterocycles. The van der Waals surface area contributed by atoms with Crippen molar-refractivity contribution in [2.24, 2.45) is 5.92 Å². The molecule has 1 heterocycles. The first-order valence-electron chi connectivity index (χ1n) is 5.83. The van der Waals surface area contributed by atoms with Gasteiger partial charge < -0.3 is 14.9 Å². The third kappa shape index (κ3) is 4.56. The van der Waals surface area contributed by atoms with Crippen molar-refractivity contribution in [2.45, 2.75) is 12.8 Å². The summed E-state index contributed by atoms with van der Waals surface area (Å²) in [6.07, 6.45) is 4.77. The lowest BCUT2D eigenvalue weighted by atomic mass is 9.98. The second-order valence-electron chi connectivity index (χ2n) is 4.63. The van der Waals surface area contributed by atoms with Crippen LogP contribution in [0, 0.1) is 5.92 Å². The van der Waals surface area contributed by atoms with Gasteiger partial charge in [0.15, 0.2) is 0 Å². The van der Waals surface area contributed by atoms with Crippen molar-refractivity contribution in [3.8, 4) is 0 Å². The third-order valence-electron chi connectivity index (χ3n) is 2.81. The molecule has 1 atom stereocenters. The van der Waals surface area contributed by atoms with Gasteiger partial charge in [0.05, 0.1) is 5.92 Å². The lowest BCUT2D eigenvalue weighted by Gasteiger charge is -2.29. The van der Waals surface area contributed by atoms with Gasteiger partial charge in [-0.2, -0.15) is 0 Å². The number of rotatable bonds is 4. The number of aliphatic carboxylic acids is 1. The first-order chi connectivity index (χ1) is 8.00. The Morgan fingerprint density at radius 2 is 2.18 bits per heavy atom. The van der Waals surface area contributed by atoms with Crippen LogP contribution in [-0.4, -0.2) is 60.5 Å². The van der Waals surface area contributed by atoms with Crippen LogP contribution in [0.2, 0.25) is 0 Å². The van der Waals surface area contributed by atoms with E-state index < -0.39 is 11.9 Å². The molecule has 1 amide bonds. The van der Waals surface area contributed by atoms with Gasteiger partial charge in [0.2, 0.25) is 5.91 Å². The second kappa shape index (κ2) is 6.39. The van der Waals surface area contributed by atoms with Crippen molar-refractivity contribution in [1.29, 1.82) is 0 Å². The minimum Gasteiger partial charge on any atom is -0.481 e. The van der Waals surface area contributed by atoms with Gasteiger partial charge in [0.25, 0.3) is 0 Å². The van der Waals surface area contributed by atoms with Crippen molar-refractivity contribution in [3.63, 3.8) is 0 Å². The van der Waals surface area contributed by atoms with E-state index in [1.54, 1.807) is 11.0 Å². The number of likely N-dealkylation sites (tertiary alicyclic amines) is 1. The monoisotopic (exact) mass is 240 g/mol. The summed E-state index contributed by atoms with van der Waals surface area (Å²) in [6.45, 7) is 1.71. The summed E-state index contributed by atoms with van der Waals surface area (Å²) >= 11 is 0. The molecular formula is C12H20N2O3. The van der Waals surface area contributed by atoms with E-state index in [0.29, 0.717) is 26.1 Å². The summed E-state index contributed by atoms with van der Waals surface area (Å²) in [7, 11) is 3.85. The molecule has 96 valence electrons. The number of nitrogens with zero attached hydrogens (tertiary/aromatic N) is 2. The van der Waals surface area contributed by atoms with E-state index in [1.165, 1.54) is 6.08 Å². The standard InChI is InChI=1S/C12H20N2O3/c1-13(2)7-4-6-11(15)14-8-3-5-10(9-14)12(16)17/h4,6,10H,3,5,7-9H2,1-2H3,(H,16,17). The second-order valence-corrected chi connectivity index (χ2v) is 4.63. The first-order valence-corrected chi connectivity index (χ1v) is 5.83. The fourth-order valence-electron chi connectivity index (χ4n) is 1.85. The molecule has 0 radical (unpaired) electrons. The van der Waals surface area contributed by atoms with Crippen LogP contribution in [-0.2, 0) is 9.59 Å². The highest BCUT2D eigenvalue weighted by Crippen LogP contribution is 2.16. The van der Waals surface area contributed by atoms with E-state index in [0.717, 1.165) is 6.42 Å². The number of amides is 1. The lowest BCUT2D eigenvalue weighted by Crippen LogP contribution is -2.41. The number of likely N-dealkylation sites (N-methyl/N-ethyl adjacent to an activating group) is 1. The van der Waals surface area contributed by atoms with Crippen molar-refractivity contribution in [1.82, 2.24) is 9.80 Å². The molecule has 1 unspecified atom stereocenters. The topological polar surface area (TPSA) is 60.9 Å². The molecule has 5 nitrogen and oxygen atoms in total. The number of piperidine rings is 1. The fourth-order valence-corrected chi connectivity index (χ4v) is 1.85. The maximum Gasteiger partial charge on any atom is 0.308 e. The number of hydrogen-bond acceptors (Lipinski definition) is 3. The quantitative estimate of drug-likeness (QED) is 0.724. The van der Waals surface area contributed by atoms with Crippen molar-refractivity contribution in [2.75, 3.05) is 33.7 Å². The van der Waals surface area contributed by atoms with Crippen LogP contribution in [0.4, 0.5) is 0 Å². The fraction of sp³-hybridized carbons (Fsp3) is 0.667. The average molecular weight is 240 g/mol. The zero-order valence-corrected chi connectivity index (χ0v) is 10.4. The van der Waals surface area contributed by atoms with Crippen molar-refractivity contribution < 1.29 is 14.7 Å². The Hall–Kier alpha value is -1.36. The molecule has 0 aliphatic carbocycles. The molecule has 0 aromatic heterocycles.